The zero-order valence-corrected chi connectivity index (χ0v) is 13.0. The zero-order valence-electron chi connectivity index (χ0n) is 10.6. The van der Waals surface area contributed by atoms with E-state index in [1.165, 1.54) is 0 Å². The van der Waals surface area contributed by atoms with Crippen molar-refractivity contribution in [2.75, 3.05) is 38.2 Å². The first-order valence-electron chi connectivity index (χ1n) is 6.57. The van der Waals surface area contributed by atoms with Crippen LogP contribution in [0.15, 0.2) is 0 Å². The summed E-state index contributed by atoms with van der Waals surface area (Å²) in [5.41, 5.74) is 0. The van der Waals surface area contributed by atoms with Crippen LogP contribution in [0, 0.1) is 0 Å². The van der Waals surface area contributed by atoms with E-state index in [2.05, 4.69) is 15.9 Å². The van der Waals surface area contributed by atoms with Crippen LogP contribution in [0.2, 0.25) is 0 Å². The molecule has 106 valence electrons. The third kappa shape index (κ3) is 3.25. The van der Waals surface area contributed by atoms with E-state index in [0.717, 1.165) is 31.0 Å². The summed E-state index contributed by atoms with van der Waals surface area (Å²) < 4.78 is 33.7. The molecule has 2 fully saturated rings. The van der Waals surface area contributed by atoms with Crippen molar-refractivity contribution in [3.63, 3.8) is 0 Å². The van der Waals surface area contributed by atoms with Crippen LogP contribution in [0.1, 0.15) is 25.7 Å². The molecule has 0 aliphatic carbocycles. The van der Waals surface area contributed by atoms with E-state index < -0.39 is 10.2 Å². The van der Waals surface area contributed by atoms with Gasteiger partial charge in [0.2, 0.25) is 0 Å². The van der Waals surface area contributed by atoms with Gasteiger partial charge in [0.25, 0.3) is 10.2 Å². The first kappa shape index (κ1) is 14.7. The van der Waals surface area contributed by atoms with Crippen LogP contribution >= 0.6 is 15.9 Å². The molecule has 0 amide bonds. The Bertz CT molecular complexity index is 355. The molecule has 7 heteroatoms. The fourth-order valence-corrected chi connectivity index (χ4v) is 5.00. The minimum atomic E-state index is -3.29. The van der Waals surface area contributed by atoms with Gasteiger partial charge in [-0.1, -0.05) is 22.4 Å². The lowest BCUT2D eigenvalue weighted by molar-refractivity contribution is 0.0681. The average Bonchev–Trinajstić information content (AvgIpc) is 2.41. The number of piperidine rings is 1. The van der Waals surface area contributed by atoms with Gasteiger partial charge in [0.1, 0.15) is 0 Å². The Morgan fingerprint density at radius 2 is 1.89 bits per heavy atom. The van der Waals surface area contributed by atoms with Crippen molar-refractivity contribution >= 4 is 26.1 Å². The van der Waals surface area contributed by atoms with Gasteiger partial charge in [0, 0.05) is 31.0 Å². The SMILES string of the molecule is O=S(=O)(N1CCOCC1)N1CCCCC1CCBr. The first-order chi connectivity index (χ1) is 8.66. The second-order valence-electron chi connectivity index (χ2n) is 4.76. The summed E-state index contributed by atoms with van der Waals surface area (Å²) in [7, 11) is -3.29. The van der Waals surface area contributed by atoms with Crippen molar-refractivity contribution in [1.82, 2.24) is 8.61 Å². The topological polar surface area (TPSA) is 49.9 Å². The maximum atomic E-state index is 12.6. The number of hydrogen-bond acceptors (Lipinski definition) is 3. The molecule has 0 aromatic carbocycles. The molecule has 2 heterocycles. The molecule has 0 aromatic rings. The van der Waals surface area contributed by atoms with Gasteiger partial charge in [0.05, 0.1) is 13.2 Å². The van der Waals surface area contributed by atoms with Crippen LogP contribution in [-0.2, 0) is 14.9 Å². The largest absolute Gasteiger partial charge is 0.379 e. The molecule has 5 nitrogen and oxygen atoms in total. The molecule has 0 bridgehead atoms. The van der Waals surface area contributed by atoms with E-state index >= 15 is 0 Å². The Morgan fingerprint density at radius 1 is 1.17 bits per heavy atom. The summed E-state index contributed by atoms with van der Waals surface area (Å²) in [6.45, 7) is 2.66. The molecule has 2 aliphatic rings. The van der Waals surface area contributed by atoms with Gasteiger partial charge in [-0.05, 0) is 19.3 Å². The number of ether oxygens (including phenoxy) is 1. The van der Waals surface area contributed by atoms with Crippen molar-refractivity contribution < 1.29 is 13.2 Å². The Labute approximate surface area is 118 Å². The Hall–Kier alpha value is 0.310. The second-order valence-corrected chi connectivity index (χ2v) is 7.43. The quantitative estimate of drug-likeness (QED) is 0.722. The van der Waals surface area contributed by atoms with Gasteiger partial charge in [-0.15, -0.1) is 0 Å². The summed E-state index contributed by atoms with van der Waals surface area (Å²) >= 11 is 3.42. The van der Waals surface area contributed by atoms with Gasteiger partial charge < -0.3 is 4.74 Å². The molecule has 2 aliphatic heterocycles. The molecule has 1 unspecified atom stereocenters. The standard InChI is InChI=1S/C11H21BrN2O3S/c12-5-4-11-3-1-2-6-14(11)18(15,16)13-7-9-17-10-8-13/h11H,1-10H2. The minimum absolute atomic E-state index is 0.158. The van der Waals surface area contributed by atoms with Gasteiger partial charge in [-0.3, -0.25) is 0 Å². The van der Waals surface area contributed by atoms with Gasteiger partial charge in [-0.25, -0.2) is 0 Å². The number of hydrogen-bond donors (Lipinski definition) is 0. The lowest BCUT2D eigenvalue weighted by Crippen LogP contribution is -2.53. The Morgan fingerprint density at radius 3 is 2.56 bits per heavy atom. The van der Waals surface area contributed by atoms with Crippen LogP contribution in [0.3, 0.4) is 0 Å². The maximum absolute atomic E-state index is 12.6. The van der Waals surface area contributed by atoms with Crippen molar-refractivity contribution in [2.24, 2.45) is 0 Å². The van der Waals surface area contributed by atoms with Gasteiger partial charge in [-0.2, -0.15) is 17.0 Å². The Kier molecular flexibility index (Phi) is 5.44. The molecule has 1 atom stereocenters. The highest BCUT2D eigenvalue weighted by molar-refractivity contribution is 9.09. The number of morpholine rings is 1. The molecule has 0 spiro atoms. The van der Waals surface area contributed by atoms with Gasteiger partial charge in [0.15, 0.2) is 0 Å². The first-order valence-corrected chi connectivity index (χ1v) is 9.08. The average molecular weight is 341 g/mol. The predicted molar refractivity (Wildman–Crippen MR) is 74.1 cm³/mol. The fraction of sp³-hybridized carbons (Fsp3) is 1.00. The molecular weight excluding hydrogens is 320 g/mol. The van der Waals surface area contributed by atoms with Crippen LogP contribution in [0.5, 0.6) is 0 Å². The van der Waals surface area contributed by atoms with Crippen LogP contribution in [-0.4, -0.2) is 61.2 Å². The predicted octanol–water partition coefficient (Wildman–Crippen LogP) is 1.20. The lowest BCUT2D eigenvalue weighted by atomic mass is 10.0. The molecule has 2 saturated heterocycles. The third-order valence-corrected chi connectivity index (χ3v) is 6.16. The highest BCUT2D eigenvalue weighted by Gasteiger charge is 2.36. The molecular formula is C11H21BrN2O3S. The van der Waals surface area contributed by atoms with E-state index in [9.17, 15) is 8.42 Å². The van der Waals surface area contributed by atoms with E-state index in [1.54, 1.807) is 8.61 Å². The third-order valence-electron chi connectivity index (χ3n) is 3.61. The normalized spacial score (nSPS) is 28.4. The van der Waals surface area contributed by atoms with Crippen molar-refractivity contribution in [3.05, 3.63) is 0 Å². The molecule has 18 heavy (non-hydrogen) atoms. The number of alkyl halides is 1. The summed E-state index contributed by atoms with van der Waals surface area (Å²) in [4.78, 5) is 0. The van der Waals surface area contributed by atoms with E-state index in [0.29, 0.717) is 32.8 Å². The van der Waals surface area contributed by atoms with Crippen molar-refractivity contribution in [1.29, 1.82) is 0 Å². The lowest BCUT2D eigenvalue weighted by Gasteiger charge is -2.38. The number of rotatable bonds is 4. The minimum Gasteiger partial charge on any atom is -0.379 e. The summed E-state index contributed by atoms with van der Waals surface area (Å²) in [6, 6.07) is 0.158. The Balaban J connectivity index is 2.10. The van der Waals surface area contributed by atoms with Crippen LogP contribution in [0.4, 0.5) is 0 Å². The smallest absolute Gasteiger partial charge is 0.282 e. The molecule has 0 saturated carbocycles. The van der Waals surface area contributed by atoms with Crippen LogP contribution < -0.4 is 0 Å². The summed E-state index contributed by atoms with van der Waals surface area (Å²) in [5, 5.41) is 0.854. The van der Waals surface area contributed by atoms with E-state index in [1.807, 2.05) is 0 Å². The van der Waals surface area contributed by atoms with Crippen LogP contribution in [0.25, 0.3) is 0 Å². The fourth-order valence-electron chi connectivity index (χ4n) is 2.62. The summed E-state index contributed by atoms with van der Waals surface area (Å²) in [6.07, 6.45) is 3.98. The summed E-state index contributed by atoms with van der Waals surface area (Å²) in [5.74, 6) is 0. The maximum Gasteiger partial charge on any atom is 0.282 e. The van der Waals surface area contributed by atoms with E-state index in [-0.39, 0.29) is 6.04 Å². The number of nitrogens with zero attached hydrogens (tertiary/aromatic N) is 2. The molecule has 0 aromatic heterocycles. The van der Waals surface area contributed by atoms with E-state index in [4.69, 9.17) is 4.74 Å². The highest BCUT2D eigenvalue weighted by atomic mass is 79.9. The van der Waals surface area contributed by atoms with Crippen molar-refractivity contribution in [2.45, 2.75) is 31.7 Å². The molecule has 0 radical (unpaired) electrons. The monoisotopic (exact) mass is 340 g/mol. The zero-order chi connectivity index (χ0) is 13.0. The second kappa shape index (κ2) is 6.65. The molecule has 2 rings (SSSR count). The van der Waals surface area contributed by atoms with Gasteiger partial charge >= 0.3 is 0 Å². The number of halogens is 1. The van der Waals surface area contributed by atoms with Crippen molar-refractivity contribution in [3.8, 4) is 0 Å². The highest BCUT2D eigenvalue weighted by Crippen LogP contribution is 2.25. The molecule has 0 N–H and O–H groups in total.